The third kappa shape index (κ3) is 3.94. The maximum Gasteiger partial charge on any atom is 0.199 e. The summed E-state index contributed by atoms with van der Waals surface area (Å²) in [4.78, 5) is 0. The molecule has 3 heterocycles. The lowest BCUT2D eigenvalue weighted by Crippen LogP contribution is -2.62. The van der Waals surface area contributed by atoms with Gasteiger partial charge in [-0.05, 0) is 117 Å². The highest BCUT2D eigenvalue weighted by Gasteiger charge is 2.88. The average molecular weight is 661 g/mol. The molecule has 0 unspecified atom stereocenters. The molecule has 0 aromatic heterocycles. The summed E-state index contributed by atoms with van der Waals surface area (Å²) in [6.45, 7) is 19.3. The van der Waals surface area contributed by atoms with Gasteiger partial charge in [0.25, 0.3) is 0 Å². The van der Waals surface area contributed by atoms with Gasteiger partial charge in [-0.25, -0.2) is 0 Å². The van der Waals surface area contributed by atoms with E-state index in [-0.39, 0.29) is 57.7 Å². The molecule has 0 radical (unpaired) electrons. The van der Waals surface area contributed by atoms with Crippen molar-refractivity contribution in [2.45, 2.75) is 174 Å². The fraction of sp³-hybridized carbons (Fsp3) is 1.00. The van der Waals surface area contributed by atoms with E-state index >= 15 is 0 Å². The van der Waals surface area contributed by atoms with E-state index in [1.807, 2.05) is 0 Å². The first-order valence-electron chi connectivity index (χ1n) is 19.3. The minimum absolute atomic E-state index is 0.0708. The van der Waals surface area contributed by atoms with E-state index < -0.39 is 41.9 Å². The lowest BCUT2D eigenvalue weighted by molar-refractivity contribution is -0.283. The summed E-state index contributed by atoms with van der Waals surface area (Å²) >= 11 is 0. The van der Waals surface area contributed by atoms with Crippen molar-refractivity contribution in [1.82, 2.24) is 0 Å². The molecule has 3 saturated heterocycles. The number of unbranched alkanes of at least 4 members (excludes halogenated alkanes) is 1. The SMILES string of the molecule is CCCCOC(C)(C)[C@H]1O[C@@]23O[C@@H]1C[C@@H](C)[C@@H]2[C@@]1(C)CC[C@@]24C[C@@]25CC[C@H]([C@@H]2OC[C@@H](O)[C@H](O)[C@H]2O)C(C)(C)[C@@H]5CC[C@H]4[C@]1(C)[C@H]3O. The van der Waals surface area contributed by atoms with Gasteiger partial charge in [-0.1, -0.05) is 48.0 Å². The molecular formula is C39H64O8. The summed E-state index contributed by atoms with van der Waals surface area (Å²) in [6.07, 6.45) is 6.04. The van der Waals surface area contributed by atoms with Crippen LogP contribution in [-0.2, 0) is 18.9 Å². The van der Waals surface area contributed by atoms with Gasteiger partial charge in [0.05, 0.1) is 24.4 Å². The number of ether oxygens (including phenoxy) is 4. The van der Waals surface area contributed by atoms with Gasteiger partial charge in [0.15, 0.2) is 5.79 Å². The molecule has 17 atom stereocenters. The fourth-order valence-corrected chi connectivity index (χ4v) is 15.0. The van der Waals surface area contributed by atoms with Crippen LogP contribution in [0.25, 0.3) is 0 Å². The predicted molar refractivity (Wildman–Crippen MR) is 176 cm³/mol. The van der Waals surface area contributed by atoms with Crippen LogP contribution < -0.4 is 0 Å². The van der Waals surface area contributed by atoms with Crippen LogP contribution in [0.5, 0.6) is 0 Å². The van der Waals surface area contributed by atoms with Gasteiger partial charge >= 0.3 is 0 Å². The summed E-state index contributed by atoms with van der Waals surface area (Å²) in [7, 11) is 0. The molecule has 8 nitrogen and oxygen atoms in total. The Bertz CT molecular complexity index is 1260. The lowest BCUT2D eigenvalue weighted by atomic mass is 9.40. The van der Waals surface area contributed by atoms with Gasteiger partial charge in [-0.2, -0.15) is 0 Å². The summed E-state index contributed by atoms with van der Waals surface area (Å²) in [5.74, 6) is 0.520. The molecule has 0 amide bonds. The maximum absolute atomic E-state index is 12.9. The molecule has 2 bridgehead atoms. The second-order valence-corrected chi connectivity index (χ2v) is 19.5. The highest BCUT2D eigenvalue weighted by molar-refractivity contribution is 5.34. The van der Waals surface area contributed by atoms with E-state index in [0.29, 0.717) is 24.4 Å². The van der Waals surface area contributed by atoms with E-state index in [4.69, 9.17) is 18.9 Å². The van der Waals surface area contributed by atoms with Crippen LogP contribution in [0.15, 0.2) is 0 Å². The van der Waals surface area contributed by atoms with Crippen molar-refractivity contribution < 1.29 is 39.4 Å². The number of aliphatic hydroxyl groups excluding tert-OH is 4. The Morgan fingerprint density at radius 1 is 0.872 bits per heavy atom. The lowest BCUT2D eigenvalue weighted by Gasteiger charge is -2.64. The Kier molecular flexibility index (Phi) is 7.47. The molecule has 5 saturated carbocycles. The predicted octanol–water partition coefficient (Wildman–Crippen LogP) is 5.22. The topological polar surface area (TPSA) is 118 Å². The zero-order valence-electron chi connectivity index (χ0n) is 30.3. The van der Waals surface area contributed by atoms with Gasteiger partial charge in [0, 0.05) is 17.9 Å². The van der Waals surface area contributed by atoms with Gasteiger partial charge in [-0.3, -0.25) is 0 Å². The van der Waals surface area contributed by atoms with Crippen molar-refractivity contribution in [2.24, 2.45) is 56.7 Å². The Morgan fingerprint density at radius 2 is 1.57 bits per heavy atom. The van der Waals surface area contributed by atoms with Crippen molar-refractivity contribution in [3.05, 3.63) is 0 Å². The molecule has 268 valence electrons. The molecule has 0 aromatic carbocycles. The van der Waals surface area contributed by atoms with Crippen LogP contribution in [0.3, 0.4) is 0 Å². The first-order chi connectivity index (χ1) is 22.0. The molecular weight excluding hydrogens is 596 g/mol. The van der Waals surface area contributed by atoms with Crippen molar-refractivity contribution >= 4 is 0 Å². The van der Waals surface area contributed by atoms with Crippen LogP contribution in [0.1, 0.15) is 120 Å². The summed E-state index contributed by atoms with van der Waals surface area (Å²) in [6, 6.07) is 0. The molecule has 3 spiro atoms. The van der Waals surface area contributed by atoms with E-state index in [1.54, 1.807) is 0 Å². The number of fused-ring (bicyclic) bond motifs is 4. The molecule has 4 N–H and O–H groups in total. The highest BCUT2D eigenvalue weighted by Crippen LogP contribution is 2.90. The second kappa shape index (κ2) is 10.4. The first-order valence-corrected chi connectivity index (χ1v) is 19.3. The van der Waals surface area contributed by atoms with Gasteiger partial charge in [-0.15, -0.1) is 0 Å². The highest BCUT2D eigenvalue weighted by atomic mass is 16.8. The number of aliphatic hydroxyl groups is 4. The Labute approximate surface area is 282 Å². The molecule has 5 aliphatic carbocycles. The number of rotatable bonds is 6. The summed E-state index contributed by atoms with van der Waals surface area (Å²) in [5, 5.41) is 44.7. The van der Waals surface area contributed by atoms with Crippen LogP contribution in [-0.4, -0.2) is 87.8 Å². The Morgan fingerprint density at radius 3 is 2.30 bits per heavy atom. The zero-order valence-corrected chi connectivity index (χ0v) is 30.3. The molecule has 3 aliphatic heterocycles. The van der Waals surface area contributed by atoms with Crippen LogP contribution in [0, 0.1) is 56.7 Å². The largest absolute Gasteiger partial charge is 0.388 e. The average Bonchev–Trinajstić information content (AvgIpc) is 3.52. The minimum Gasteiger partial charge on any atom is -0.388 e. The van der Waals surface area contributed by atoms with Crippen molar-refractivity contribution in [1.29, 1.82) is 0 Å². The van der Waals surface area contributed by atoms with Gasteiger partial charge < -0.3 is 39.4 Å². The van der Waals surface area contributed by atoms with E-state index in [9.17, 15) is 20.4 Å². The maximum atomic E-state index is 12.9. The minimum atomic E-state index is -1.17. The van der Waals surface area contributed by atoms with Crippen LogP contribution in [0.4, 0.5) is 0 Å². The Balaban J connectivity index is 1.10. The van der Waals surface area contributed by atoms with E-state index in [0.717, 1.165) is 51.4 Å². The normalized spacial score (nSPS) is 59.0. The molecule has 8 fully saturated rings. The monoisotopic (exact) mass is 660 g/mol. The van der Waals surface area contributed by atoms with Crippen LogP contribution in [0.2, 0.25) is 0 Å². The molecule has 47 heavy (non-hydrogen) atoms. The van der Waals surface area contributed by atoms with Gasteiger partial charge in [0.1, 0.15) is 30.5 Å². The van der Waals surface area contributed by atoms with Crippen molar-refractivity contribution in [3.8, 4) is 0 Å². The van der Waals surface area contributed by atoms with E-state index in [1.165, 1.54) is 12.8 Å². The van der Waals surface area contributed by atoms with Crippen molar-refractivity contribution in [3.63, 3.8) is 0 Å². The smallest absolute Gasteiger partial charge is 0.199 e. The molecule has 0 aromatic rings. The van der Waals surface area contributed by atoms with Crippen molar-refractivity contribution in [2.75, 3.05) is 13.2 Å². The second-order valence-electron chi connectivity index (χ2n) is 19.5. The fourth-order valence-electron chi connectivity index (χ4n) is 15.0. The summed E-state index contributed by atoms with van der Waals surface area (Å²) in [5.41, 5.74) is -0.594. The standard InChI is InChI=1S/C39H64O8/c1-9-10-17-45-34(5,6)31-24-18-21(2)30-35(7)15-16-38-20-37(38)14-13-22(29-28(42)27(41)23(40)19-44-29)33(3,4)25(37)11-12-26(38)36(35,8)32(43)39(30,46-24)47-31/h21-32,40-43H,9-20H2,1-8H3/t21-,22-,23-,24-,25+,26+,27+,28-,29+,30-,31+,32-,35-,36-,37-,38+,39+/m1/s1. The number of hydrogen-bond donors (Lipinski definition) is 4. The summed E-state index contributed by atoms with van der Waals surface area (Å²) < 4.78 is 26.8. The first kappa shape index (κ1) is 33.8. The Hall–Kier alpha value is -0.320. The third-order valence-corrected chi connectivity index (χ3v) is 17.2. The van der Waals surface area contributed by atoms with Gasteiger partial charge in [0.2, 0.25) is 0 Å². The quantitative estimate of drug-likeness (QED) is 0.287. The molecule has 8 rings (SSSR count). The third-order valence-electron chi connectivity index (χ3n) is 17.2. The molecule has 8 aliphatic rings. The van der Waals surface area contributed by atoms with E-state index in [2.05, 4.69) is 55.4 Å². The molecule has 8 heteroatoms. The zero-order chi connectivity index (χ0) is 33.7. The van der Waals surface area contributed by atoms with Crippen LogP contribution >= 0.6 is 0 Å². The number of hydrogen-bond acceptors (Lipinski definition) is 8.